The third kappa shape index (κ3) is 2.68. The van der Waals surface area contributed by atoms with E-state index in [1.54, 1.807) is 13.5 Å². The maximum atomic E-state index is 10.8. The van der Waals surface area contributed by atoms with Crippen LogP contribution < -0.4 is 4.31 Å². The van der Waals surface area contributed by atoms with Gasteiger partial charge in [0.25, 0.3) is 0 Å². The van der Waals surface area contributed by atoms with Crippen molar-refractivity contribution in [2.45, 2.75) is 18.9 Å². The second kappa shape index (κ2) is 5.73. The molecule has 1 unspecified atom stereocenters. The number of rotatable bonds is 2. The minimum Gasteiger partial charge on any atom is -0.309 e. The van der Waals surface area contributed by atoms with Gasteiger partial charge in [-0.3, -0.25) is 13.4 Å². The number of benzene rings is 1. The highest BCUT2D eigenvalue weighted by atomic mass is 32.3. The van der Waals surface area contributed by atoms with Crippen molar-refractivity contribution in [3.63, 3.8) is 0 Å². The van der Waals surface area contributed by atoms with Gasteiger partial charge in [0.2, 0.25) is 0 Å². The predicted molar refractivity (Wildman–Crippen MR) is 83.6 cm³/mol. The Bertz CT molecular complexity index is 534. The molecule has 6 nitrogen and oxygen atoms in total. The van der Waals surface area contributed by atoms with Crippen LogP contribution in [-0.4, -0.2) is 50.5 Å². The Kier molecular flexibility index (Phi) is 3.95. The number of anilines is 1. The highest BCUT2D eigenvalue weighted by molar-refractivity contribution is 8.23. The van der Waals surface area contributed by atoms with Crippen molar-refractivity contribution in [3.8, 4) is 6.19 Å². The summed E-state index contributed by atoms with van der Waals surface area (Å²) in [6.07, 6.45) is 3.82. The van der Waals surface area contributed by atoms with Crippen LogP contribution in [0.25, 0.3) is 0 Å². The first kappa shape index (κ1) is 14.5. The van der Waals surface area contributed by atoms with Gasteiger partial charge in [0.05, 0.1) is 11.7 Å². The van der Waals surface area contributed by atoms with E-state index in [-0.39, 0.29) is 6.04 Å². The lowest BCUT2D eigenvalue weighted by Crippen LogP contribution is -2.50. The number of hydrogen-bond donors (Lipinski definition) is 2. The Hall–Kier alpha value is -1.46. The van der Waals surface area contributed by atoms with Crippen LogP contribution in [0.2, 0.25) is 0 Å². The molecule has 114 valence electrons. The van der Waals surface area contributed by atoms with Crippen molar-refractivity contribution >= 4 is 16.6 Å². The lowest BCUT2D eigenvalue weighted by Gasteiger charge is -2.55. The average Bonchev–Trinajstić information content (AvgIpc) is 2.96. The molecule has 2 aliphatic rings. The summed E-state index contributed by atoms with van der Waals surface area (Å²) < 4.78 is 25.0. The zero-order chi connectivity index (χ0) is 14.9. The second-order valence-corrected chi connectivity index (χ2v) is 7.30. The molecule has 21 heavy (non-hydrogen) atoms. The summed E-state index contributed by atoms with van der Waals surface area (Å²) in [6, 6.07) is 9.54. The molecule has 0 radical (unpaired) electrons. The summed E-state index contributed by atoms with van der Waals surface area (Å²) in [7, 11) is -3.00. The summed E-state index contributed by atoms with van der Waals surface area (Å²) in [4.78, 5) is 1.68. The quantitative estimate of drug-likeness (QED) is 0.817. The fourth-order valence-electron chi connectivity index (χ4n) is 3.06. The third-order valence-electron chi connectivity index (χ3n) is 4.11. The fraction of sp³-hybridized carbons (Fsp3) is 0.500. The van der Waals surface area contributed by atoms with Crippen LogP contribution >= 0.6 is 11.0 Å². The van der Waals surface area contributed by atoms with Crippen molar-refractivity contribution < 1.29 is 9.11 Å². The van der Waals surface area contributed by atoms with Crippen LogP contribution in [0.15, 0.2) is 30.3 Å². The molecular weight excluding hydrogens is 288 g/mol. The van der Waals surface area contributed by atoms with Gasteiger partial charge in [0.15, 0.2) is 6.19 Å². The van der Waals surface area contributed by atoms with Crippen molar-refractivity contribution in [2.24, 2.45) is 0 Å². The molecule has 0 bridgehead atoms. The van der Waals surface area contributed by atoms with E-state index >= 15 is 0 Å². The molecule has 2 fully saturated rings. The Labute approximate surface area is 126 Å². The molecule has 2 saturated heterocycles. The van der Waals surface area contributed by atoms with Crippen molar-refractivity contribution in [2.75, 3.05) is 30.5 Å². The first-order valence-electron chi connectivity index (χ1n) is 7.15. The molecule has 0 aliphatic carbocycles. The van der Waals surface area contributed by atoms with Crippen LogP contribution in [-0.2, 0) is 0 Å². The standard InChI is InChI=1S/C14H20N4O2S/c15-12-16-10-7-14(11-16)18-9-4-8-17(21(18,19)20)13-5-2-1-3-6-13/h1-3,5-6,14,19-20H,4,7-11H2. The smallest absolute Gasteiger partial charge is 0.179 e. The van der Waals surface area contributed by atoms with E-state index in [1.807, 2.05) is 30.3 Å². The SMILES string of the molecule is N#CN1CCC(N2CCCN(c3ccccc3)S2(O)O)C1. The maximum Gasteiger partial charge on any atom is 0.179 e. The number of para-hydroxylation sites is 1. The zero-order valence-corrected chi connectivity index (χ0v) is 12.6. The number of likely N-dealkylation sites (tertiary alicyclic amines) is 1. The largest absolute Gasteiger partial charge is 0.309 e. The predicted octanol–water partition coefficient (Wildman–Crippen LogP) is 2.33. The van der Waals surface area contributed by atoms with Crippen molar-refractivity contribution in [3.05, 3.63) is 30.3 Å². The zero-order valence-electron chi connectivity index (χ0n) is 11.8. The lowest BCUT2D eigenvalue weighted by atomic mass is 10.2. The van der Waals surface area contributed by atoms with Gasteiger partial charge in [-0.05, 0) is 25.0 Å². The van der Waals surface area contributed by atoms with E-state index in [0.29, 0.717) is 26.2 Å². The Morgan fingerprint density at radius 2 is 1.90 bits per heavy atom. The van der Waals surface area contributed by atoms with Gasteiger partial charge >= 0.3 is 0 Å². The molecule has 2 heterocycles. The highest BCUT2D eigenvalue weighted by Gasteiger charge is 2.40. The minimum atomic E-state index is -3.00. The van der Waals surface area contributed by atoms with Crippen molar-refractivity contribution in [1.29, 1.82) is 5.26 Å². The van der Waals surface area contributed by atoms with E-state index in [1.165, 1.54) is 0 Å². The Balaban J connectivity index is 1.82. The van der Waals surface area contributed by atoms with Crippen molar-refractivity contribution in [1.82, 2.24) is 9.21 Å². The maximum absolute atomic E-state index is 10.8. The normalized spacial score (nSPS) is 27.4. The topological polar surface area (TPSA) is 74.0 Å². The molecule has 1 aromatic carbocycles. The summed E-state index contributed by atoms with van der Waals surface area (Å²) in [5.74, 6) is 0. The summed E-state index contributed by atoms with van der Waals surface area (Å²) >= 11 is 0. The van der Waals surface area contributed by atoms with E-state index < -0.39 is 11.0 Å². The molecule has 0 saturated carbocycles. The first-order valence-corrected chi connectivity index (χ1v) is 8.61. The fourth-order valence-corrected chi connectivity index (χ4v) is 5.03. The monoisotopic (exact) mass is 308 g/mol. The Morgan fingerprint density at radius 3 is 2.57 bits per heavy atom. The molecule has 1 atom stereocenters. The van der Waals surface area contributed by atoms with Gasteiger partial charge < -0.3 is 4.90 Å². The molecule has 7 heteroatoms. The number of nitrogens with zero attached hydrogens (tertiary/aromatic N) is 4. The van der Waals surface area contributed by atoms with Crippen LogP contribution in [0.5, 0.6) is 0 Å². The van der Waals surface area contributed by atoms with Gasteiger partial charge in [0, 0.05) is 26.2 Å². The van der Waals surface area contributed by atoms with Gasteiger partial charge in [-0.2, -0.15) is 9.57 Å². The van der Waals surface area contributed by atoms with E-state index in [4.69, 9.17) is 5.26 Å². The molecule has 2 N–H and O–H groups in total. The lowest BCUT2D eigenvalue weighted by molar-refractivity contribution is 0.266. The Morgan fingerprint density at radius 1 is 1.14 bits per heavy atom. The van der Waals surface area contributed by atoms with E-state index in [0.717, 1.165) is 18.5 Å². The molecule has 0 amide bonds. The molecule has 2 aliphatic heterocycles. The van der Waals surface area contributed by atoms with Crippen LogP contribution in [0.3, 0.4) is 0 Å². The van der Waals surface area contributed by atoms with Gasteiger partial charge in [-0.25, -0.2) is 0 Å². The molecular formula is C14H20N4O2S. The number of hydrogen-bond acceptors (Lipinski definition) is 6. The number of nitriles is 1. The minimum absolute atomic E-state index is 0.0289. The average molecular weight is 308 g/mol. The molecule has 1 aromatic rings. The molecule has 0 aromatic heterocycles. The van der Waals surface area contributed by atoms with E-state index in [2.05, 4.69) is 6.19 Å². The summed E-state index contributed by atoms with van der Waals surface area (Å²) in [6.45, 7) is 2.57. The molecule has 3 rings (SSSR count). The third-order valence-corrected chi connectivity index (χ3v) is 6.20. The first-order chi connectivity index (χ1) is 10.1. The van der Waals surface area contributed by atoms with Crippen LogP contribution in [0.1, 0.15) is 12.8 Å². The van der Waals surface area contributed by atoms with Gasteiger partial charge in [0.1, 0.15) is 0 Å². The van der Waals surface area contributed by atoms with E-state index in [9.17, 15) is 9.11 Å². The van der Waals surface area contributed by atoms with Gasteiger partial charge in [-0.15, -0.1) is 0 Å². The van der Waals surface area contributed by atoms with Gasteiger partial charge in [-0.1, -0.05) is 29.2 Å². The summed E-state index contributed by atoms with van der Waals surface area (Å²) in [5.41, 5.74) is 0.831. The second-order valence-electron chi connectivity index (χ2n) is 5.41. The molecule has 0 spiro atoms. The summed E-state index contributed by atoms with van der Waals surface area (Å²) in [5, 5.41) is 8.97. The van der Waals surface area contributed by atoms with Crippen LogP contribution in [0, 0.1) is 11.5 Å². The van der Waals surface area contributed by atoms with Crippen LogP contribution in [0.4, 0.5) is 5.69 Å². The highest BCUT2D eigenvalue weighted by Crippen LogP contribution is 2.53.